The lowest BCUT2D eigenvalue weighted by molar-refractivity contribution is -0.169. The van der Waals surface area contributed by atoms with Crippen molar-refractivity contribution in [3.63, 3.8) is 0 Å². The summed E-state index contributed by atoms with van der Waals surface area (Å²) in [6.07, 6.45) is 0.646. The fraction of sp³-hybridized carbons (Fsp3) is 0.333. The van der Waals surface area contributed by atoms with Gasteiger partial charge in [-0.25, -0.2) is 8.78 Å². The van der Waals surface area contributed by atoms with Gasteiger partial charge in [-0.3, -0.25) is 9.59 Å². The third kappa shape index (κ3) is 3.61. The number of halogens is 2. The van der Waals surface area contributed by atoms with Crippen LogP contribution in [0.25, 0.3) is 0 Å². The topological polar surface area (TPSA) is 67.9 Å². The van der Waals surface area contributed by atoms with Crippen LogP contribution in [0.2, 0.25) is 0 Å². The SMILES string of the molecule is CN1C(=O)Cc2cc(C3(CCNC(=O)c4ccc(F)c(F)c4)OCCO3)ccc21. The molecule has 152 valence electrons. The second-order valence-electron chi connectivity index (χ2n) is 7.06. The van der Waals surface area contributed by atoms with Crippen LogP contribution in [-0.4, -0.2) is 38.6 Å². The van der Waals surface area contributed by atoms with Gasteiger partial charge >= 0.3 is 0 Å². The van der Waals surface area contributed by atoms with E-state index < -0.39 is 23.3 Å². The van der Waals surface area contributed by atoms with Crippen molar-refractivity contribution in [3.8, 4) is 0 Å². The minimum absolute atomic E-state index is 0.0262. The molecule has 2 aliphatic heterocycles. The van der Waals surface area contributed by atoms with Gasteiger partial charge in [0.2, 0.25) is 5.91 Å². The van der Waals surface area contributed by atoms with Gasteiger partial charge in [-0.1, -0.05) is 6.07 Å². The van der Waals surface area contributed by atoms with Crippen molar-refractivity contribution in [1.82, 2.24) is 5.32 Å². The van der Waals surface area contributed by atoms with E-state index in [2.05, 4.69) is 5.32 Å². The number of carbonyl (C=O) groups is 2. The molecule has 0 bridgehead atoms. The highest BCUT2D eigenvalue weighted by Gasteiger charge is 2.39. The fourth-order valence-electron chi connectivity index (χ4n) is 3.70. The maximum atomic E-state index is 13.3. The van der Waals surface area contributed by atoms with Crippen molar-refractivity contribution in [1.29, 1.82) is 0 Å². The summed E-state index contributed by atoms with van der Waals surface area (Å²) in [6.45, 7) is 1.02. The first kappa shape index (κ1) is 19.5. The number of nitrogens with one attached hydrogen (secondary N) is 1. The quantitative estimate of drug-likeness (QED) is 0.835. The number of hydrogen-bond acceptors (Lipinski definition) is 4. The number of amides is 2. The summed E-state index contributed by atoms with van der Waals surface area (Å²) in [5.41, 5.74) is 2.57. The predicted molar refractivity (Wildman–Crippen MR) is 100 cm³/mol. The van der Waals surface area contributed by atoms with Crippen LogP contribution in [-0.2, 0) is 26.5 Å². The van der Waals surface area contributed by atoms with E-state index in [9.17, 15) is 18.4 Å². The predicted octanol–water partition coefficient (Wildman–Crippen LogP) is 2.50. The summed E-state index contributed by atoms with van der Waals surface area (Å²) >= 11 is 0. The van der Waals surface area contributed by atoms with Crippen LogP contribution < -0.4 is 10.2 Å². The molecule has 29 heavy (non-hydrogen) atoms. The number of fused-ring (bicyclic) bond motifs is 1. The molecule has 0 saturated carbocycles. The third-order valence-corrected chi connectivity index (χ3v) is 5.27. The van der Waals surface area contributed by atoms with Crippen LogP contribution in [0.4, 0.5) is 14.5 Å². The van der Waals surface area contributed by atoms with E-state index in [4.69, 9.17) is 9.47 Å². The van der Waals surface area contributed by atoms with Crippen LogP contribution in [0, 0.1) is 11.6 Å². The molecule has 6 nitrogen and oxygen atoms in total. The Morgan fingerprint density at radius 3 is 2.62 bits per heavy atom. The summed E-state index contributed by atoms with van der Waals surface area (Å²) < 4.78 is 38.1. The van der Waals surface area contributed by atoms with Crippen LogP contribution >= 0.6 is 0 Å². The lowest BCUT2D eigenvalue weighted by atomic mass is 9.98. The number of nitrogens with zero attached hydrogens (tertiary/aromatic N) is 1. The summed E-state index contributed by atoms with van der Waals surface area (Å²) in [5, 5.41) is 2.68. The Morgan fingerprint density at radius 1 is 1.14 bits per heavy atom. The zero-order valence-corrected chi connectivity index (χ0v) is 15.8. The number of benzene rings is 2. The second-order valence-corrected chi connectivity index (χ2v) is 7.06. The molecule has 0 unspecified atom stereocenters. The highest BCUT2D eigenvalue weighted by atomic mass is 19.2. The first-order valence-corrected chi connectivity index (χ1v) is 9.31. The summed E-state index contributed by atoms with van der Waals surface area (Å²) in [7, 11) is 1.74. The minimum atomic E-state index is -1.07. The fourth-order valence-corrected chi connectivity index (χ4v) is 3.70. The number of hydrogen-bond donors (Lipinski definition) is 1. The van der Waals surface area contributed by atoms with Crippen LogP contribution in [0.15, 0.2) is 36.4 Å². The number of likely N-dealkylation sites (N-methyl/N-ethyl adjacent to an activating group) is 1. The molecule has 2 amide bonds. The van der Waals surface area contributed by atoms with Gasteiger partial charge in [-0.2, -0.15) is 0 Å². The molecule has 1 fully saturated rings. The Kier molecular flexibility index (Phi) is 5.06. The van der Waals surface area contributed by atoms with E-state index in [1.165, 1.54) is 6.07 Å². The standard InChI is InChI=1S/C21H20F2N2O4/c1-25-18-5-3-15(10-14(18)12-19(25)26)21(28-8-9-29-21)6-7-24-20(27)13-2-4-16(22)17(23)11-13/h2-5,10-11H,6-9,12H2,1H3,(H,24,27). The van der Waals surface area contributed by atoms with Crippen LogP contribution in [0.5, 0.6) is 0 Å². The molecule has 0 radical (unpaired) electrons. The van der Waals surface area contributed by atoms with Gasteiger partial charge in [-0.15, -0.1) is 0 Å². The molecule has 2 aromatic rings. The molecule has 0 spiro atoms. The van der Waals surface area contributed by atoms with E-state index in [-0.39, 0.29) is 18.0 Å². The van der Waals surface area contributed by atoms with Gasteiger partial charge in [0.1, 0.15) is 0 Å². The maximum absolute atomic E-state index is 13.3. The Morgan fingerprint density at radius 2 is 1.90 bits per heavy atom. The molecule has 2 aromatic carbocycles. The Bertz CT molecular complexity index is 973. The molecule has 1 N–H and O–H groups in total. The van der Waals surface area contributed by atoms with E-state index in [1.54, 1.807) is 11.9 Å². The summed E-state index contributed by atoms with van der Waals surface area (Å²) in [6, 6.07) is 8.62. The Balaban J connectivity index is 1.47. The smallest absolute Gasteiger partial charge is 0.251 e. The Labute approximate surface area is 166 Å². The highest BCUT2D eigenvalue weighted by molar-refractivity contribution is 6.01. The number of rotatable bonds is 5. The van der Waals surface area contributed by atoms with E-state index in [1.807, 2.05) is 18.2 Å². The maximum Gasteiger partial charge on any atom is 0.251 e. The zero-order chi connectivity index (χ0) is 20.6. The molecule has 0 atom stereocenters. The molecule has 0 aromatic heterocycles. The van der Waals surface area contributed by atoms with Gasteiger partial charge < -0.3 is 19.7 Å². The van der Waals surface area contributed by atoms with Crippen LogP contribution in [0.1, 0.15) is 27.9 Å². The van der Waals surface area contributed by atoms with Crippen LogP contribution in [0.3, 0.4) is 0 Å². The zero-order valence-electron chi connectivity index (χ0n) is 15.8. The van der Waals surface area contributed by atoms with Gasteiger partial charge in [0.25, 0.3) is 5.91 Å². The summed E-state index contributed by atoms with van der Waals surface area (Å²) in [5.74, 6) is -3.60. The number of ether oxygens (including phenoxy) is 2. The normalized spacial score (nSPS) is 17.5. The molecule has 8 heteroatoms. The monoisotopic (exact) mass is 402 g/mol. The molecule has 2 heterocycles. The molecule has 1 saturated heterocycles. The lowest BCUT2D eigenvalue weighted by Crippen LogP contribution is -2.34. The van der Waals surface area contributed by atoms with Gasteiger partial charge in [-0.05, 0) is 35.9 Å². The third-order valence-electron chi connectivity index (χ3n) is 5.27. The first-order valence-electron chi connectivity index (χ1n) is 9.31. The van der Waals surface area contributed by atoms with Gasteiger partial charge in [0.05, 0.1) is 19.6 Å². The highest BCUT2D eigenvalue weighted by Crippen LogP contribution is 2.38. The van der Waals surface area contributed by atoms with Gasteiger partial charge in [0, 0.05) is 36.8 Å². The molecule has 2 aliphatic rings. The van der Waals surface area contributed by atoms with E-state index in [0.717, 1.165) is 28.9 Å². The van der Waals surface area contributed by atoms with Crippen molar-refractivity contribution >= 4 is 17.5 Å². The number of carbonyl (C=O) groups excluding carboxylic acids is 2. The number of anilines is 1. The largest absolute Gasteiger partial charge is 0.352 e. The van der Waals surface area contributed by atoms with Crippen molar-refractivity contribution in [2.45, 2.75) is 18.6 Å². The minimum Gasteiger partial charge on any atom is -0.352 e. The summed E-state index contributed by atoms with van der Waals surface area (Å²) in [4.78, 5) is 25.8. The van der Waals surface area contributed by atoms with Crippen molar-refractivity contribution in [3.05, 3.63) is 64.7 Å². The first-order chi connectivity index (χ1) is 13.9. The average Bonchev–Trinajstić information content (AvgIpc) is 3.29. The van der Waals surface area contributed by atoms with E-state index in [0.29, 0.717) is 26.1 Å². The molecular weight excluding hydrogens is 382 g/mol. The lowest BCUT2D eigenvalue weighted by Gasteiger charge is -2.28. The van der Waals surface area contributed by atoms with E-state index >= 15 is 0 Å². The molecular formula is C21H20F2N2O4. The van der Waals surface area contributed by atoms with Crippen molar-refractivity contribution in [2.75, 3.05) is 31.7 Å². The molecule has 4 rings (SSSR count). The second kappa shape index (κ2) is 7.53. The van der Waals surface area contributed by atoms with Crippen molar-refractivity contribution in [2.24, 2.45) is 0 Å². The van der Waals surface area contributed by atoms with Gasteiger partial charge in [0.15, 0.2) is 17.4 Å². The average molecular weight is 402 g/mol. The molecule has 0 aliphatic carbocycles. The Hall–Kier alpha value is -2.84. The van der Waals surface area contributed by atoms with Crippen molar-refractivity contribution < 1.29 is 27.8 Å².